The lowest BCUT2D eigenvalue weighted by molar-refractivity contribution is 0.0730. The molecule has 0 atom stereocenters. The summed E-state index contributed by atoms with van der Waals surface area (Å²) in [5.41, 5.74) is 3.75. The summed E-state index contributed by atoms with van der Waals surface area (Å²) >= 11 is 0. The van der Waals surface area contributed by atoms with Gasteiger partial charge in [0.2, 0.25) is 0 Å². The second-order valence-electron chi connectivity index (χ2n) is 9.59. The van der Waals surface area contributed by atoms with Crippen LogP contribution in [0.1, 0.15) is 79.2 Å². The summed E-state index contributed by atoms with van der Waals surface area (Å²) in [7, 11) is 0. The quantitative estimate of drug-likeness (QED) is 0.570. The van der Waals surface area contributed by atoms with Gasteiger partial charge in [0.15, 0.2) is 0 Å². The van der Waals surface area contributed by atoms with Crippen LogP contribution < -0.4 is 5.56 Å². The molecule has 1 saturated carbocycles. The highest BCUT2D eigenvalue weighted by atomic mass is 16.2. The van der Waals surface area contributed by atoms with E-state index < -0.39 is 0 Å². The molecule has 3 aromatic rings. The van der Waals surface area contributed by atoms with Crippen molar-refractivity contribution in [2.24, 2.45) is 0 Å². The predicted molar refractivity (Wildman–Crippen MR) is 127 cm³/mol. The Labute approximate surface area is 189 Å². The fourth-order valence-corrected chi connectivity index (χ4v) is 4.67. The molecule has 166 valence electrons. The Bertz CT molecular complexity index is 1210. The number of benzene rings is 2. The first kappa shape index (κ1) is 20.9. The molecule has 2 aromatic carbocycles. The van der Waals surface area contributed by atoms with Crippen LogP contribution in [-0.4, -0.2) is 26.4 Å². The molecule has 1 amide bonds. The molecule has 2 aliphatic rings. The fourth-order valence-electron chi connectivity index (χ4n) is 4.67. The van der Waals surface area contributed by atoms with Crippen LogP contribution in [0.15, 0.2) is 47.3 Å². The first-order valence-corrected chi connectivity index (χ1v) is 11.9. The normalized spacial score (nSPS) is 16.1. The van der Waals surface area contributed by atoms with Crippen LogP contribution in [0.25, 0.3) is 10.9 Å². The van der Waals surface area contributed by atoms with Crippen molar-refractivity contribution in [3.05, 3.63) is 75.3 Å². The Morgan fingerprint density at radius 1 is 1.09 bits per heavy atom. The van der Waals surface area contributed by atoms with Gasteiger partial charge in [-0.2, -0.15) is 0 Å². The number of amides is 1. The zero-order chi connectivity index (χ0) is 22.2. The van der Waals surface area contributed by atoms with Crippen LogP contribution in [0.4, 0.5) is 0 Å². The molecule has 1 aromatic heterocycles. The standard InChI is InChI=1S/C27H31N3O2/c1-18(2)20-9-7-19(8-10-20)17-30(22-12-13-22)26(31)21-11-14-23-24(16-21)28-25-6-4-3-5-15-29(25)27(23)32/h7-11,14,16,18,22H,3-6,12-13,15,17H2,1-2H3. The molecule has 0 radical (unpaired) electrons. The van der Waals surface area contributed by atoms with Crippen LogP contribution in [0.3, 0.4) is 0 Å². The minimum absolute atomic E-state index is 0.0233. The van der Waals surface area contributed by atoms with E-state index in [-0.39, 0.29) is 11.5 Å². The Morgan fingerprint density at radius 2 is 1.88 bits per heavy atom. The third-order valence-corrected chi connectivity index (χ3v) is 6.81. The van der Waals surface area contributed by atoms with Crippen LogP contribution in [0.2, 0.25) is 0 Å². The molecule has 1 aliphatic carbocycles. The zero-order valence-electron chi connectivity index (χ0n) is 19.0. The number of carbonyl (C=O) groups is 1. The Balaban J connectivity index is 1.45. The van der Waals surface area contributed by atoms with Crippen LogP contribution >= 0.6 is 0 Å². The fraction of sp³-hybridized carbons (Fsp3) is 0.444. The van der Waals surface area contributed by atoms with Gasteiger partial charge in [-0.1, -0.05) is 44.5 Å². The highest BCUT2D eigenvalue weighted by molar-refractivity contribution is 5.98. The molecule has 5 rings (SSSR count). The summed E-state index contributed by atoms with van der Waals surface area (Å²) in [6, 6.07) is 14.3. The number of rotatable bonds is 5. The van der Waals surface area contributed by atoms with Gasteiger partial charge in [0.05, 0.1) is 10.9 Å². The van der Waals surface area contributed by atoms with E-state index in [1.165, 1.54) is 5.56 Å². The van der Waals surface area contributed by atoms with E-state index in [2.05, 4.69) is 38.1 Å². The number of carbonyl (C=O) groups excluding carboxylic acids is 1. The summed E-state index contributed by atoms with van der Waals surface area (Å²) < 4.78 is 1.83. The Morgan fingerprint density at radius 3 is 2.59 bits per heavy atom. The van der Waals surface area contributed by atoms with Gasteiger partial charge in [0.1, 0.15) is 5.82 Å². The zero-order valence-corrected chi connectivity index (χ0v) is 19.0. The van der Waals surface area contributed by atoms with E-state index in [0.717, 1.165) is 56.5 Å². The molecular weight excluding hydrogens is 398 g/mol. The number of aromatic nitrogens is 2. The molecule has 2 heterocycles. The van der Waals surface area contributed by atoms with Gasteiger partial charge < -0.3 is 4.90 Å². The number of hydrogen-bond acceptors (Lipinski definition) is 3. The average molecular weight is 430 g/mol. The monoisotopic (exact) mass is 429 g/mol. The molecule has 0 bridgehead atoms. The first-order chi connectivity index (χ1) is 15.5. The number of nitrogens with zero attached hydrogens (tertiary/aromatic N) is 3. The van der Waals surface area contributed by atoms with Crippen molar-refractivity contribution in [2.75, 3.05) is 0 Å². The maximum atomic E-state index is 13.5. The van der Waals surface area contributed by atoms with Crippen molar-refractivity contribution >= 4 is 16.8 Å². The molecular formula is C27H31N3O2. The lowest BCUT2D eigenvalue weighted by Crippen LogP contribution is -2.32. The van der Waals surface area contributed by atoms with Crippen molar-refractivity contribution in [3.8, 4) is 0 Å². The molecule has 0 unspecified atom stereocenters. The second kappa shape index (κ2) is 8.53. The summed E-state index contributed by atoms with van der Waals surface area (Å²) in [5, 5.41) is 0.606. The van der Waals surface area contributed by atoms with E-state index in [0.29, 0.717) is 35.0 Å². The lowest BCUT2D eigenvalue weighted by atomic mass is 10.0. The third kappa shape index (κ3) is 4.08. The first-order valence-electron chi connectivity index (χ1n) is 11.9. The molecule has 1 fully saturated rings. The molecule has 1 aliphatic heterocycles. The largest absolute Gasteiger partial charge is 0.331 e. The summed E-state index contributed by atoms with van der Waals surface area (Å²) in [4.78, 5) is 33.3. The van der Waals surface area contributed by atoms with E-state index in [4.69, 9.17) is 4.98 Å². The van der Waals surface area contributed by atoms with Gasteiger partial charge >= 0.3 is 0 Å². The SMILES string of the molecule is CC(C)c1ccc(CN(C(=O)c2ccc3c(=O)n4c(nc3c2)CCCCC4)C2CC2)cc1. The van der Waals surface area contributed by atoms with Crippen LogP contribution in [0, 0.1) is 0 Å². The molecule has 0 N–H and O–H groups in total. The Hall–Kier alpha value is -2.95. The van der Waals surface area contributed by atoms with Crippen molar-refractivity contribution < 1.29 is 4.79 Å². The van der Waals surface area contributed by atoms with E-state index in [9.17, 15) is 9.59 Å². The van der Waals surface area contributed by atoms with Gasteiger partial charge in [0.25, 0.3) is 11.5 Å². The topological polar surface area (TPSA) is 55.2 Å². The number of fused-ring (bicyclic) bond motifs is 2. The third-order valence-electron chi connectivity index (χ3n) is 6.81. The van der Waals surface area contributed by atoms with Crippen LogP contribution in [0.5, 0.6) is 0 Å². The van der Waals surface area contributed by atoms with Crippen LogP contribution in [-0.2, 0) is 19.5 Å². The van der Waals surface area contributed by atoms with E-state index in [1.54, 1.807) is 12.1 Å². The lowest BCUT2D eigenvalue weighted by Gasteiger charge is -2.23. The van der Waals surface area contributed by atoms with E-state index >= 15 is 0 Å². The molecule has 0 spiro atoms. The molecule has 5 nitrogen and oxygen atoms in total. The maximum absolute atomic E-state index is 13.5. The Kier molecular flexibility index (Phi) is 5.58. The predicted octanol–water partition coefficient (Wildman–Crippen LogP) is 5.05. The summed E-state index contributed by atoms with van der Waals surface area (Å²) in [6.45, 7) is 5.73. The molecule has 5 heteroatoms. The van der Waals surface area contributed by atoms with Gasteiger partial charge in [-0.25, -0.2) is 4.98 Å². The number of aryl methyl sites for hydroxylation is 1. The van der Waals surface area contributed by atoms with Gasteiger partial charge in [-0.05, 0) is 60.9 Å². The number of hydrogen-bond donors (Lipinski definition) is 0. The minimum Gasteiger partial charge on any atom is -0.331 e. The van der Waals surface area contributed by atoms with Crippen molar-refractivity contribution in [1.29, 1.82) is 0 Å². The van der Waals surface area contributed by atoms with Crippen molar-refractivity contribution in [1.82, 2.24) is 14.5 Å². The average Bonchev–Trinajstić information content (AvgIpc) is 3.65. The van der Waals surface area contributed by atoms with Crippen molar-refractivity contribution in [3.63, 3.8) is 0 Å². The summed E-state index contributed by atoms with van der Waals surface area (Å²) in [5.74, 6) is 1.38. The van der Waals surface area contributed by atoms with Crippen molar-refractivity contribution in [2.45, 2.75) is 77.4 Å². The highest BCUT2D eigenvalue weighted by Gasteiger charge is 2.33. The molecule has 0 saturated heterocycles. The smallest absolute Gasteiger partial charge is 0.261 e. The van der Waals surface area contributed by atoms with Gasteiger partial charge in [-0.3, -0.25) is 14.2 Å². The minimum atomic E-state index is 0.0233. The van der Waals surface area contributed by atoms with E-state index in [1.807, 2.05) is 15.5 Å². The summed E-state index contributed by atoms with van der Waals surface area (Å²) in [6.07, 6.45) is 6.13. The van der Waals surface area contributed by atoms with Gasteiger partial charge in [-0.15, -0.1) is 0 Å². The molecule has 32 heavy (non-hydrogen) atoms. The van der Waals surface area contributed by atoms with Gasteiger partial charge in [0, 0.05) is 31.1 Å². The maximum Gasteiger partial charge on any atom is 0.261 e. The second-order valence-corrected chi connectivity index (χ2v) is 9.59. The highest BCUT2D eigenvalue weighted by Crippen LogP contribution is 2.30.